The van der Waals surface area contributed by atoms with E-state index >= 15 is 0 Å². The molecule has 0 amide bonds. The molecular formula is C6H5ClN4O. The summed E-state index contributed by atoms with van der Waals surface area (Å²) >= 11 is 5.45. The van der Waals surface area contributed by atoms with Crippen molar-refractivity contribution in [2.24, 2.45) is 7.05 Å². The van der Waals surface area contributed by atoms with Gasteiger partial charge in [0.15, 0.2) is 0 Å². The van der Waals surface area contributed by atoms with Crippen LogP contribution in [-0.4, -0.2) is 20.0 Å². The monoisotopic (exact) mass is 184 g/mol. The van der Waals surface area contributed by atoms with Gasteiger partial charge in [-0.15, -0.1) is 5.10 Å². The maximum Gasteiger partial charge on any atom is 0.313 e. The SMILES string of the molecule is Cn1cc(-c2nnc(Cl)o2)cn1. The van der Waals surface area contributed by atoms with Crippen LogP contribution in [0, 0.1) is 0 Å². The first-order chi connectivity index (χ1) is 5.75. The minimum atomic E-state index is 0.0360. The Hall–Kier alpha value is -1.36. The molecule has 6 heteroatoms. The molecule has 2 aromatic heterocycles. The fourth-order valence-corrected chi connectivity index (χ4v) is 0.965. The second-order valence-corrected chi connectivity index (χ2v) is 2.59. The summed E-state index contributed by atoms with van der Waals surface area (Å²) in [5.74, 6) is 0.383. The lowest BCUT2D eigenvalue weighted by Gasteiger charge is -1.83. The first-order valence-electron chi connectivity index (χ1n) is 3.24. The lowest BCUT2D eigenvalue weighted by atomic mass is 10.4. The maximum absolute atomic E-state index is 5.45. The number of halogens is 1. The Bertz CT molecular complexity index is 355. The van der Waals surface area contributed by atoms with Crippen LogP contribution in [-0.2, 0) is 7.05 Å². The van der Waals surface area contributed by atoms with Crippen LogP contribution in [0.3, 0.4) is 0 Å². The summed E-state index contributed by atoms with van der Waals surface area (Å²) in [5, 5.41) is 11.2. The summed E-state index contributed by atoms with van der Waals surface area (Å²) in [6.07, 6.45) is 3.40. The second-order valence-electron chi connectivity index (χ2n) is 2.26. The molecule has 2 rings (SSSR count). The third-order valence-corrected chi connectivity index (χ3v) is 1.50. The van der Waals surface area contributed by atoms with Gasteiger partial charge in [0.2, 0.25) is 0 Å². The van der Waals surface area contributed by atoms with Gasteiger partial charge in [0.1, 0.15) is 0 Å². The first-order valence-corrected chi connectivity index (χ1v) is 3.61. The largest absolute Gasteiger partial charge is 0.407 e. The van der Waals surface area contributed by atoms with Gasteiger partial charge < -0.3 is 4.42 Å². The number of nitrogens with zero attached hydrogens (tertiary/aromatic N) is 4. The predicted molar refractivity (Wildman–Crippen MR) is 41.5 cm³/mol. The van der Waals surface area contributed by atoms with Gasteiger partial charge >= 0.3 is 5.35 Å². The van der Waals surface area contributed by atoms with Crippen LogP contribution >= 0.6 is 11.6 Å². The van der Waals surface area contributed by atoms with E-state index in [4.69, 9.17) is 16.0 Å². The lowest BCUT2D eigenvalue weighted by molar-refractivity contribution is 0.571. The molecule has 0 spiro atoms. The van der Waals surface area contributed by atoms with E-state index in [1.807, 2.05) is 7.05 Å². The smallest absolute Gasteiger partial charge is 0.313 e. The zero-order valence-corrected chi connectivity index (χ0v) is 6.99. The molecule has 62 valence electrons. The number of rotatable bonds is 1. The molecule has 5 nitrogen and oxygen atoms in total. The van der Waals surface area contributed by atoms with Gasteiger partial charge in [0.05, 0.1) is 11.8 Å². The molecule has 0 aliphatic heterocycles. The van der Waals surface area contributed by atoms with Crippen molar-refractivity contribution >= 4 is 11.6 Å². The molecule has 0 aliphatic carbocycles. The molecule has 0 saturated heterocycles. The van der Waals surface area contributed by atoms with Crippen LogP contribution in [0.15, 0.2) is 16.8 Å². The van der Waals surface area contributed by atoms with Crippen molar-refractivity contribution in [3.05, 3.63) is 17.7 Å². The summed E-state index contributed by atoms with van der Waals surface area (Å²) in [6.45, 7) is 0. The normalized spacial score (nSPS) is 10.5. The highest BCUT2D eigenvalue weighted by molar-refractivity contribution is 6.27. The highest BCUT2D eigenvalue weighted by Crippen LogP contribution is 2.17. The van der Waals surface area contributed by atoms with Gasteiger partial charge in [0, 0.05) is 13.2 Å². The van der Waals surface area contributed by atoms with Crippen molar-refractivity contribution in [1.82, 2.24) is 20.0 Å². The van der Waals surface area contributed by atoms with E-state index in [0.717, 1.165) is 5.56 Å². The molecule has 12 heavy (non-hydrogen) atoms. The third-order valence-electron chi connectivity index (χ3n) is 1.35. The second kappa shape index (κ2) is 2.60. The molecule has 0 unspecified atom stereocenters. The third kappa shape index (κ3) is 1.18. The van der Waals surface area contributed by atoms with Crippen LogP contribution in [0.25, 0.3) is 11.5 Å². The Labute approximate surface area is 73.0 Å². The van der Waals surface area contributed by atoms with Crippen LogP contribution in [0.4, 0.5) is 0 Å². The van der Waals surface area contributed by atoms with Gasteiger partial charge in [-0.05, 0) is 11.6 Å². The highest BCUT2D eigenvalue weighted by Gasteiger charge is 2.07. The predicted octanol–water partition coefficient (Wildman–Crippen LogP) is 1.12. The minimum Gasteiger partial charge on any atom is -0.407 e. The Kier molecular flexibility index (Phi) is 1.58. The molecule has 0 aromatic carbocycles. The molecular weight excluding hydrogens is 180 g/mol. The summed E-state index contributed by atoms with van der Waals surface area (Å²) in [6, 6.07) is 0. The summed E-state index contributed by atoms with van der Waals surface area (Å²) in [7, 11) is 1.81. The van der Waals surface area contributed by atoms with Crippen LogP contribution in [0.1, 0.15) is 0 Å². The topological polar surface area (TPSA) is 56.7 Å². The zero-order chi connectivity index (χ0) is 8.55. The molecule has 0 aliphatic rings. The van der Waals surface area contributed by atoms with Crippen molar-refractivity contribution in [3.8, 4) is 11.5 Å². The zero-order valence-electron chi connectivity index (χ0n) is 6.23. The average molecular weight is 185 g/mol. The standard InChI is InChI=1S/C6H5ClN4O/c1-11-3-4(2-8-11)5-9-10-6(7)12-5/h2-3H,1H3. The summed E-state index contributed by atoms with van der Waals surface area (Å²) < 4.78 is 6.62. The molecule has 2 heterocycles. The number of hydrogen-bond donors (Lipinski definition) is 0. The van der Waals surface area contributed by atoms with Crippen LogP contribution in [0.5, 0.6) is 0 Å². The Morgan fingerprint density at radius 1 is 1.50 bits per heavy atom. The maximum atomic E-state index is 5.45. The Morgan fingerprint density at radius 3 is 2.83 bits per heavy atom. The van der Waals surface area contributed by atoms with Crippen molar-refractivity contribution in [1.29, 1.82) is 0 Å². The highest BCUT2D eigenvalue weighted by atomic mass is 35.5. The van der Waals surface area contributed by atoms with E-state index in [9.17, 15) is 0 Å². The van der Waals surface area contributed by atoms with E-state index in [2.05, 4.69) is 15.3 Å². The van der Waals surface area contributed by atoms with Crippen LogP contribution in [0.2, 0.25) is 5.35 Å². The van der Waals surface area contributed by atoms with Gasteiger partial charge in [-0.25, -0.2) is 0 Å². The Balaban J connectivity index is 2.43. The summed E-state index contributed by atoms with van der Waals surface area (Å²) in [5.41, 5.74) is 0.761. The van der Waals surface area contributed by atoms with Crippen molar-refractivity contribution in [3.63, 3.8) is 0 Å². The molecule has 0 atom stereocenters. The van der Waals surface area contributed by atoms with Gasteiger partial charge in [-0.2, -0.15) is 5.10 Å². The number of aryl methyl sites for hydroxylation is 1. The fraction of sp³-hybridized carbons (Fsp3) is 0.167. The molecule has 0 fully saturated rings. The van der Waals surface area contributed by atoms with Crippen molar-refractivity contribution < 1.29 is 4.42 Å². The molecule has 0 bridgehead atoms. The number of aromatic nitrogens is 4. The molecule has 2 aromatic rings. The lowest BCUT2D eigenvalue weighted by Crippen LogP contribution is -1.84. The van der Waals surface area contributed by atoms with E-state index in [1.54, 1.807) is 17.1 Å². The van der Waals surface area contributed by atoms with Crippen molar-refractivity contribution in [2.45, 2.75) is 0 Å². The van der Waals surface area contributed by atoms with E-state index in [0.29, 0.717) is 5.89 Å². The Morgan fingerprint density at radius 2 is 2.33 bits per heavy atom. The summed E-state index contributed by atoms with van der Waals surface area (Å²) in [4.78, 5) is 0. The van der Waals surface area contributed by atoms with Crippen molar-refractivity contribution in [2.75, 3.05) is 0 Å². The van der Waals surface area contributed by atoms with E-state index in [-0.39, 0.29) is 5.35 Å². The molecule has 0 radical (unpaired) electrons. The van der Waals surface area contributed by atoms with Gasteiger partial charge in [0.25, 0.3) is 5.89 Å². The van der Waals surface area contributed by atoms with E-state index in [1.165, 1.54) is 0 Å². The van der Waals surface area contributed by atoms with Gasteiger partial charge in [-0.3, -0.25) is 4.68 Å². The van der Waals surface area contributed by atoms with E-state index < -0.39 is 0 Å². The average Bonchev–Trinajstić information content (AvgIpc) is 2.58. The first kappa shape index (κ1) is 7.30. The molecule has 0 saturated carbocycles. The fourth-order valence-electron chi connectivity index (χ4n) is 0.854. The van der Waals surface area contributed by atoms with Crippen LogP contribution < -0.4 is 0 Å². The minimum absolute atomic E-state index is 0.0360. The molecule has 0 N–H and O–H groups in total. The quantitative estimate of drug-likeness (QED) is 0.667. The van der Waals surface area contributed by atoms with Gasteiger partial charge in [-0.1, -0.05) is 5.10 Å². The number of hydrogen-bond acceptors (Lipinski definition) is 4.